The molecule has 1 fully saturated rings. The van der Waals surface area contributed by atoms with E-state index in [2.05, 4.69) is 24.7 Å². The molecule has 3 aromatic heterocycles. The number of halogens is 1. The number of hydrogen-bond acceptors (Lipinski definition) is 13. The summed E-state index contributed by atoms with van der Waals surface area (Å²) in [6.45, 7) is -1.20. The van der Waals surface area contributed by atoms with E-state index in [1.54, 1.807) is 17.1 Å². The number of nitrogens with zero attached hydrogens (tertiary/aromatic N) is 6. The molecule has 2 aliphatic rings. The topological polar surface area (TPSA) is 235 Å². The van der Waals surface area contributed by atoms with Crippen molar-refractivity contribution in [1.29, 1.82) is 0 Å². The van der Waals surface area contributed by atoms with E-state index in [1.165, 1.54) is 23.1 Å². The minimum absolute atomic E-state index is 0.0193. The summed E-state index contributed by atoms with van der Waals surface area (Å²) in [7, 11) is -4.31. The molecule has 0 bridgehead atoms. The fraction of sp³-hybridized carbons (Fsp3) is 0.350. The number of aromatic nitrogens is 4. The smallest absolute Gasteiger partial charge is 0.352 e. The van der Waals surface area contributed by atoms with Crippen molar-refractivity contribution in [1.82, 2.24) is 28.7 Å². The average Bonchev–Trinajstić information content (AvgIpc) is 3.63. The van der Waals surface area contributed by atoms with Gasteiger partial charge in [-0.3, -0.25) is 19.0 Å². The first-order valence-electron chi connectivity index (χ1n) is 11.7. The Kier molecular flexibility index (Phi) is 8.43. The normalized spacial score (nSPS) is 19.1. The second-order valence-electron chi connectivity index (χ2n) is 8.72. The van der Waals surface area contributed by atoms with Crippen LogP contribution in [-0.2, 0) is 42.5 Å². The molecule has 0 aromatic carbocycles. The van der Waals surface area contributed by atoms with Gasteiger partial charge in [-0.2, -0.15) is 26.9 Å². The van der Waals surface area contributed by atoms with E-state index in [9.17, 15) is 32.3 Å². The van der Waals surface area contributed by atoms with Crippen molar-refractivity contribution in [3.63, 3.8) is 0 Å². The van der Waals surface area contributed by atoms with Crippen molar-refractivity contribution in [3.05, 3.63) is 40.7 Å². The molecule has 2 atom stereocenters. The van der Waals surface area contributed by atoms with Gasteiger partial charge in [-0.15, -0.1) is 11.8 Å². The number of carboxylic acid groups (broad SMARTS) is 1. The molecule has 0 unspecified atom stereocenters. The maximum atomic E-state index is 13.1. The Balaban J connectivity index is 1.31. The second kappa shape index (κ2) is 11.9. The molecular formula is C20H21FN9O8S4+. The Bertz CT molecular complexity index is 1730. The second-order valence-corrected chi connectivity index (χ2v) is 12.7. The summed E-state index contributed by atoms with van der Waals surface area (Å²) < 4.78 is 52.6. The number of nitrogens with one attached hydrogen (secondary N) is 2. The molecule has 0 aliphatic carbocycles. The van der Waals surface area contributed by atoms with Crippen LogP contribution in [-0.4, -0.2) is 90.8 Å². The number of rotatable bonds is 12. The highest BCUT2D eigenvalue weighted by Crippen LogP contribution is 2.40. The summed E-state index contributed by atoms with van der Waals surface area (Å²) >= 11 is 3.42. The molecule has 17 nitrogen and oxygen atoms in total. The van der Waals surface area contributed by atoms with Crippen LogP contribution >= 0.6 is 34.6 Å². The zero-order valence-corrected chi connectivity index (χ0v) is 24.3. The molecule has 2 aliphatic heterocycles. The van der Waals surface area contributed by atoms with E-state index < -0.39 is 52.1 Å². The van der Waals surface area contributed by atoms with Gasteiger partial charge in [0.1, 0.15) is 35.5 Å². The van der Waals surface area contributed by atoms with Gasteiger partial charge in [0.05, 0.1) is 0 Å². The van der Waals surface area contributed by atoms with E-state index in [1.807, 2.05) is 14.5 Å². The summed E-state index contributed by atoms with van der Waals surface area (Å²) in [5, 5.41) is 17.0. The van der Waals surface area contributed by atoms with Gasteiger partial charge in [-0.1, -0.05) is 16.5 Å². The molecule has 0 spiro atoms. The van der Waals surface area contributed by atoms with Crippen LogP contribution in [0.25, 0.3) is 4.83 Å². The summed E-state index contributed by atoms with van der Waals surface area (Å²) in [6, 6.07) is -1.10. The summed E-state index contributed by atoms with van der Waals surface area (Å²) in [6.07, 6.45) is 3.80. The molecule has 224 valence electrons. The quantitative estimate of drug-likeness (QED) is 0.0503. The van der Waals surface area contributed by atoms with E-state index in [-0.39, 0.29) is 35.5 Å². The lowest BCUT2D eigenvalue weighted by Crippen LogP contribution is -2.71. The van der Waals surface area contributed by atoms with Crippen molar-refractivity contribution < 1.29 is 46.3 Å². The zero-order valence-electron chi connectivity index (χ0n) is 21.0. The van der Waals surface area contributed by atoms with Gasteiger partial charge in [0.15, 0.2) is 5.13 Å². The van der Waals surface area contributed by atoms with Gasteiger partial charge >= 0.3 is 16.3 Å². The van der Waals surface area contributed by atoms with Crippen LogP contribution < -0.4 is 20.3 Å². The zero-order chi connectivity index (χ0) is 30.2. The maximum absolute atomic E-state index is 13.1. The molecule has 22 heteroatoms. The Labute approximate surface area is 247 Å². The number of thiazole rings is 1. The van der Waals surface area contributed by atoms with Gasteiger partial charge in [0.25, 0.3) is 18.7 Å². The number of alkyl halides is 1. The lowest BCUT2D eigenvalue weighted by molar-refractivity contribution is -0.687. The van der Waals surface area contributed by atoms with Gasteiger partial charge < -0.3 is 21.0 Å². The predicted octanol–water partition coefficient (Wildman–Crippen LogP) is -1.26. The van der Waals surface area contributed by atoms with Crippen LogP contribution in [0.15, 0.2) is 34.3 Å². The Morgan fingerprint density at radius 3 is 2.83 bits per heavy atom. The SMILES string of the molecule is Nc1nc(/C(=N/OCF)C(=O)N[C@@H]2C(=O)N3C(C(=O)O)=C(C[n+]4cc5scc(CCNS(=O)(=O)O)n5c4)CS[C@H]23)ns1. The lowest BCUT2D eigenvalue weighted by atomic mass is 10.0. The van der Waals surface area contributed by atoms with Gasteiger partial charge in [-0.05, 0) is 0 Å². The highest BCUT2D eigenvalue weighted by Gasteiger charge is 2.54. The standard InChI is InChI=1S/C20H20FN9O8S4/c21-7-38-26-12(15-25-20(22)41-27-15)16(31)24-13-17(32)30-14(19(33)34)9(5-40-18(13)30)3-28-4-11-29(8-28)10(6-39-11)1-2-23-42(35,36)37/h4,6,8,13,18,23H,1-3,5,7H2,(H4-,22,24,25,27,31,33,34,35,36,37)/p+1/b26-12-/t13-,18-/m1/s1. The van der Waals surface area contributed by atoms with Crippen LogP contribution in [0.3, 0.4) is 0 Å². The number of thioether (sulfide) groups is 1. The lowest BCUT2D eigenvalue weighted by Gasteiger charge is -2.49. The first kappa shape index (κ1) is 29.8. The monoisotopic (exact) mass is 662 g/mol. The van der Waals surface area contributed by atoms with E-state index in [0.717, 1.165) is 27.0 Å². The Hall–Kier alpha value is -3.70. The number of anilines is 1. The van der Waals surface area contributed by atoms with Crippen molar-refractivity contribution in [2.75, 3.05) is 24.9 Å². The fourth-order valence-electron chi connectivity index (χ4n) is 4.34. The number of imidazole rings is 1. The third-order valence-electron chi connectivity index (χ3n) is 6.05. The summed E-state index contributed by atoms with van der Waals surface area (Å²) in [5.74, 6) is -2.89. The van der Waals surface area contributed by atoms with Crippen LogP contribution in [0, 0.1) is 0 Å². The van der Waals surface area contributed by atoms with E-state index in [4.69, 9.17) is 10.3 Å². The largest absolute Gasteiger partial charge is 0.477 e. The number of carbonyl (C=O) groups is 3. The number of nitrogen functional groups attached to an aromatic ring is 1. The van der Waals surface area contributed by atoms with Gasteiger partial charge in [0, 0.05) is 41.2 Å². The number of fused-ring (bicyclic) bond motifs is 2. The van der Waals surface area contributed by atoms with Crippen molar-refractivity contribution >= 4 is 78.4 Å². The number of oxime groups is 1. The number of amides is 2. The highest BCUT2D eigenvalue weighted by molar-refractivity contribution is 8.00. The molecule has 0 saturated carbocycles. The first-order valence-corrected chi connectivity index (χ1v) is 15.9. The highest BCUT2D eigenvalue weighted by atomic mass is 32.2. The first-order chi connectivity index (χ1) is 20.0. The number of carboxylic acids is 1. The molecule has 3 aromatic rings. The van der Waals surface area contributed by atoms with Crippen LogP contribution in [0.4, 0.5) is 9.52 Å². The molecule has 6 N–H and O–H groups in total. The van der Waals surface area contributed by atoms with E-state index >= 15 is 0 Å². The van der Waals surface area contributed by atoms with Crippen molar-refractivity contribution in [3.8, 4) is 0 Å². The van der Waals surface area contributed by atoms with Gasteiger partial charge in [0.2, 0.25) is 22.7 Å². The minimum Gasteiger partial charge on any atom is -0.477 e. The molecule has 5 rings (SSSR count). The molecule has 1 saturated heterocycles. The molecular weight excluding hydrogens is 642 g/mol. The Morgan fingerprint density at radius 2 is 2.17 bits per heavy atom. The number of β-lactam (4-membered cyclic amide) rings is 1. The van der Waals surface area contributed by atoms with Crippen molar-refractivity contribution in [2.24, 2.45) is 5.16 Å². The molecule has 5 heterocycles. The number of aliphatic carboxylic acids is 1. The fourth-order valence-corrected chi connectivity index (χ4v) is 7.44. The van der Waals surface area contributed by atoms with Crippen LogP contribution in [0.5, 0.6) is 0 Å². The third kappa shape index (κ3) is 6.07. The maximum Gasteiger partial charge on any atom is 0.352 e. The number of nitrogens with two attached hydrogens (primary N) is 1. The summed E-state index contributed by atoms with van der Waals surface area (Å²) in [5.41, 5.74) is 6.08. The minimum atomic E-state index is -4.31. The Morgan fingerprint density at radius 1 is 1.38 bits per heavy atom. The number of carbonyl (C=O) groups excluding carboxylic acids is 2. The molecule has 42 heavy (non-hydrogen) atoms. The van der Waals surface area contributed by atoms with Crippen LogP contribution in [0.2, 0.25) is 0 Å². The van der Waals surface area contributed by atoms with Gasteiger partial charge in [-0.25, -0.2) is 13.8 Å². The van der Waals surface area contributed by atoms with Crippen molar-refractivity contribution in [2.45, 2.75) is 24.4 Å². The van der Waals surface area contributed by atoms with E-state index in [0.29, 0.717) is 12.0 Å². The third-order valence-corrected chi connectivity index (χ3v) is 9.44. The predicted molar refractivity (Wildman–Crippen MR) is 146 cm³/mol. The van der Waals surface area contributed by atoms with Crippen LogP contribution in [0.1, 0.15) is 11.5 Å². The summed E-state index contributed by atoms with van der Waals surface area (Å²) in [4.78, 5) is 48.3. The molecule has 2 amide bonds. The number of hydrogen-bond donors (Lipinski definition) is 5. The average molecular weight is 663 g/mol. The molecule has 0 radical (unpaired) electrons.